The zero-order valence-electron chi connectivity index (χ0n) is 20.1. The Bertz CT molecular complexity index is 897. The van der Waals surface area contributed by atoms with Crippen LogP contribution in [-0.2, 0) is 22.7 Å². The van der Waals surface area contributed by atoms with Crippen molar-refractivity contribution in [2.45, 2.75) is 83.8 Å². The van der Waals surface area contributed by atoms with Gasteiger partial charge in [0.25, 0.3) is 0 Å². The van der Waals surface area contributed by atoms with Gasteiger partial charge in [0.2, 0.25) is 11.8 Å². The fourth-order valence-corrected chi connectivity index (χ4v) is 5.22. The van der Waals surface area contributed by atoms with Crippen LogP contribution in [0.4, 0.5) is 0 Å². The summed E-state index contributed by atoms with van der Waals surface area (Å²) in [5.74, 6) is 0.429. The van der Waals surface area contributed by atoms with Crippen LogP contribution >= 0.6 is 0 Å². The van der Waals surface area contributed by atoms with Gasteiger partial charge in [-0.2, -0.15) is 0 Å². The molecule has 1 aromatic heterocycles. The van der Waals surface area contributed by atoms with E-state index in [1.165, 1.54) is 24.8 Å². The smallest absolute Gasteiger partial charge is 0.242 e. The standard InChI is InChI=1S/C28H39N3O2/c1-2-18-30(28(33)24-13-9-14-24)22-27(32)31(25-15-7-4-8-16-25)21-26-17-10-19-29(26)20-23-11-5-3-6-12-23/h3,5-6,10-12,17,19,24-25H,2,4,7-9,13-16,18,20-22H2,1H3. The first-order valence-electron chi connectivity index (χ1n) is 12.9. The quantitative estimate of drug-likeness (QED) is 0.498. The molecule has 2 fully saturated rings. The molecule has 2 saturated carbocycles. The number of nitrogens with zero attached hydrogens (tertiary/aromatic N) is 3. The highest BCUT2D eigenvalue weighted by Crippen LogP contribution is 2.29. The molecule has 1 heterocycles. The lowest BCUT2D eigenvalue weighted by Gasteiger charge is -2.37. The van der Waals surface area contributed by atoms with Gasteiger partial charge >= 0.3 is 0 Å². The minimum Gasteiger partial charge on any atom is -0.345 e. The van der Waals surface area contributed by atoms with Crippen molar-refractivity contribution in [3.63, 3.8) is 0 Å². The van der Waals surface area contributed by atoms with Gasteiger partial charge in [-0.05, 0) is 49.8 Å². The predicted molar refractivity (Wildman–Crippen MR) is 132 cm³/mol. The van der Waals surface area contributed by atoms with Crippen molar-refractivity contribution in [2.24, 2.45) is 5.92 Å². The second kappa shape index (κ2) is 11.5. The molecule has 2 aromatic rings. The molecular formula is C28H39N3O2. The molecule has 0 aliphatic heterocycles. The Labute approximate surface area is 198 Å². The number of amides is 2. The molecule has 4 rings (SSSR count). The van der Waals surface area contributed by atoms with Gasteiger partial charge in [-0.1, -0.05) is 62.9 Å². The molecule has 0 unspecified atom stereocenters. The van der Waals surface area contributed by atoms with E-state index in [4.69, 9.17) is 0 Å². The van der Waals surface area contributed by atoms with Crippen molar-refractivity contribution >= 4 is 11.8 Å². The highest BCUT2D eigenvalue weighted by molar-refractivity contribution is 5.86. The normalized spacial score (nSPS) is 16.9. The SMILES string of the molecule is CCCN(CC(=O)N(Cc1cccn1Cc1ccccc1)C1CCCCC1)C(=O)C1CCC1. The molecule has 178 valence electrons. The molecule has 2 amide bonds. The highest BCUT2D eigenvalue weighted by atomic mass is 16.2. The van der Waals surface area contributed by atoms with Gasteiger partial charge in [0, 0.05) is 36.9 Å². The van der Waals surface area contributed by atoms with E-state index in [1.807, 2.05) is 11.0 Å². The Morgan fingerprint density at radius 3 is 2.36 bits per heavy atom. The van der Waals surface area contributed by atoms with E-state index in [0.29, 0.717) is 13.1 Å². The molecule has 0 N–H and O–H groups in total. The van der Waals surface area contributed by atoms with Crippen molar-refractivity contribution < 1.29 is 9.59 Å². The van der Waals surface area contributed by atoms with Crippen LogP contribution in [0.5, 0.6) is 0 Å². The Morgan fingerprint density at radius 2 is 1.70 bits per heavy atom. The molecule has 0 atom stereocenters. The molecule has 2 aliphatic rings. The summed E-state index contributed by atoms with van der Waals surface area (Å²) in [5.41, 5.74) is 2.41. The molecule has 33 heavy (non-hydrogen) atoms. The van der Waals surface area contributed by atoms with E-state index in [2.05, 4.69) is 59.0 Å². The molecule has 5 nitrogen and oxygen atoms in total. The van der Waals surface area contributed by atoms with E-state index in [0.717, 1.165) is 50.8 Å². The van der Waals surface area contributed by atoms with E-state index in [1.54, 1.807) is 0 Å². The molecule has 5 heteroatoms. The molecule has 0 bridgehead atoms. The number of aromatic nitrogens is 1. The van der Waals surface area contributed by atoms with E-state index in [9.17, 15) is 9.59 Å². The Morgan fingerprint density at radius 1 is 0.939 bits per heavy atom. The van der Waals surface area contributed by atoms with Crippen molar-refractivity contribution in [2.75, 3.05) is 13.1 Å². The van der Waals surface area contributed by atoms with Crippen LogP contribution in [0.2, 0.25) is 0 Å². The number of hydrogen-bond acceptors (Lipinski definition) is 2. The fraction of sp³-hybridized carbons (Fsp3) is 0.571. The Hall–Kier alpha value is -2.56. The minimum absolute atomic E-state index is 0.107. The molecular weight excluding hydrogens is 410 g/mol. The largest absolute Gasteiger partial charge is 0.345 e. The fourth-order valence-electron chi connectivity index (χ4n) is 5.22. The summed E-state index contributed by atoms with van der Waals surface area (Å²) in [6, 6.07) is 14.9. The maximum Gasteiger partial charge on any atom is 0.242 e. The summed E-state index contributed by atoms with van der Waals surface area (Å²) in [4.78, 5) is 30.6. The second-order valence-corrected chi connectivity index (χ2v) is 9.81. The molecule has 0 radical (unpaired) electrons. The van der Waals surface area contributed by atoms with Crippen LogP contribution in [0.25, 0.3) is 0 Å². The van der Waals surface area contributed by atoms with E-state index < -0.39 is 0 Å². The lowest BCUT2D eigenvalue weighted by atomic mass is 9.84. The van der Waals surface area contributed by atoms with Gasteiger partial charge in [0.1, 0.15) is 0 Å². The summed E-state index contributed by atoms with van der Waals surface area (Å²) in [6.45, 7) is 4.39. The van der Waals surface area contributed by atoms with E-state index in [-0.39, 0.29) is 30.3 Å². The van der Waals surface area contributed by atoms with Gasteiger partial charge in [-0.3, -0.25) is 9.59 Å². The second-order valence-electron chi connectivity index (χ2n) is 9.81. The van der Waals surface area contributed by atoms with Crippen molar-refractivity contribution in [1.29, 1.82) is 0 Å². The third-order valence-electron chi connectivity index (χ3n) is 7.37. The Kier molecular flexibility index (Phi) is 8.25. The van der Waals surface area contributed by atoms with Crippen LogP contribution < -0.4 is 0 Å². The average Bonchev–Trinajstić information content (AvgIpc) is 3.23. The first kappa shape index (κ1) is 23.6. The minimum atomic E-state index is 0.107. The van der Waals surface area contributed by atoms with Crippen molar-refractivity contribution in [1.82, 2.24) is 14.4 Å². The summed E-state index contributed by atoms with van der Waals surface area (Å²) >= 11 is 0. The average molecular weight is 450 g/mol. The lowest BCUT2D eigenvalue weighted by molar-refractivity contribution is -0.146. The van der Waals surface area contributed by atoms with Crippen LogP contribution in [0.15, 0.2) is 48.7 Å². The molecule has 1 aromatic carbocycles. The molecule has 0 saturated heterocycles. The maximum atomic E-state index is 13.7. The topological polar surface area (TPSA) is 45.6 Å². The van der Waals surface area contributed by atoms with Gasteiger partial charge in [0.05, 0.1) is 13.1 Å². The number of benzene rings is 1. The number of hydrogen-bond donors (Lipinski definition) is 0. The van der Waals surface area contributed by atoms with Crippen LogP contribution in [0.3, 0.4) is 0 Å². The van der Waals surface area contributed by atoms with Crippen LogP contribution in [-0.4, -0.2) is 45.3 Å². The first-order chi connectivity index (χ1) is 16.2. The van der Waals surface area contributed by atoms with Gasteiger partial charge < -0.3 is 14.4 Å². The van der Waals surface area contributed by atoms with Gasteiger partial charge in [-0.15, -0.1) is 0 Å². The van der Waals surface area contributed by atoms with Crippen LogP contribution in [0, 0.1) is 5.92 Å². The number of rotatable bonds is 10. The zero-order chi connectivity index (χ0) is 23.0. The van der Waals surface area contributed by atoms with Gasteiger partial charge in [-0.25, -0.2) is 0 Å². The first-order valence-corrected chi connectivity index (χ1v) is 12.9. The van der Waals surface area contributed by atoms with Gasteiger partial charge in [0.15, 0.2) is 0 Å². The monoisotopic (exact) mass is 449 g/mol. The van der Waals surface area contributed by atoms with E-state index >= 15 is 0 Å². The zero-order valence-corrected chi connectivity index (χ0v) is 20.1. The lowest BCUT2D eigenvalue weighted by Crippen LogP contribution is -2.49. The van der Waals surface area contributed by atoms with Crippen molar-refractivity contribution in [3.05, 3.63) is 59.9 Å². The number of carbonyl (C=O) groups excluding carboxylic acids is 2. The summed E-state index contributed by atoms with van der Waals surface area (Å²) in [7, 11) is 0. The number of carbonyl (C=O) groups is 2. The third kappa shape index (κ3) is 6.07. The highest BCUT2D eigenvalue weighted by Gasteiger charge is 2.32. The van der Waals surface area contributed by atoms with Crippen LogP contribution in [0.1, 0.15) is 76.0 Å². The maximum absolute atomic E-state index is 13.7. The summed E-state index contributed by atoms with van der Waals surface area (Å²) < 4.78 is 2.25. The summed E-state index contributed by atoms with van der Waals surface area (Å²) in [5, 5.41) is 0. The molecule has 0 spiro atoms. The van der Waals surface area contributed by atoms with Crippen molar-refractivity contribution in [3.8, 4) is 0 Å². The predicted octanol–water partition coefficient (Wildman–Crippen LogP) is 5.24. The Balaban J connectivity index is 1.50. The molecule has 2 aliphatic carbocycles. The third-order valence-corrected chi connectivity index (χ3v) is 7.37. The summed E-state index contributed by atoms with van der Waals surface area (Å²) in [6.07, 6.45) is 11.8.